The maximum atomic E-state index is 12.9. The molecule has 1 aromatic heterocycles. The number of aromatic nitrogens is 2. The summed E-state index contributed by atoms with van der Waals surface area (Å²) >= 11 is 0. The van der Waals surface area contributed by atoms with Crippen molar-refractivity contribution in [3.63, 3.8) is 0 Å². The van der Waals surface area contributed by atoms with Crippen LogP contribution < -0.4 is 0 Å². The van der Waals surface area contributed by atoms with E-state index in [0.29, 0.717) is 12.4 Å². The van der Waals surface area contributed by atoms with Crippen molar-refractivity contribution < 1.29 is 19.4 Å². The number of rotatable bonds is 4. The number of aromatic carboxylic acids is 1. The highest BCUT2D eigenvalue weighted by Gasteiger charge is 2.35. The summed E-state index contributed by atoms with van der Waals surface area (Å²) in [5.74, 6) is -0.633. The second-order valence-corrected chi connectivity index (χ2v) is 7.79. The lowest BCUT2D eigenvalue weighted by atomic mass is 9.98. The first-order valence-electron chi connectivity index (χ1n) is 10.3. The molecule has 3 aromatic rings. The first kappa shape index (κ1) is 19.2. The fraction of sp³-hybridized carbons (Fsp3) is 0.250. The molecule has 7 nitrogen and oxygen atoms in total. The normalized spacial score (nSPS) is 17.3. The smallest absolute Gasteiger partial charge is 0.410 e. The van der Waals surface area contributed by atoms with Crippen molar-refractivity contribution in [2.24, 2.45) is 0 Å². The minimum absolute atomic E-state index is 0.00324. The van der Waals surface area contributed by atoms with Crippen molar-refractivity contribution in [1.82, 2.24) is 14.9 Å². The summed E-state index contributed by atoms with van der Waals surface area (Å²) < 4.78 is 5.77. The van der Waals surface area contributed by atoms with Gasteiger partial charge in [0.25, 0.3) is 0 Å². The quantitative estimate of drug-likeness (QED) is 0.684. The van der Waals surface area contributed by atoms with E-state index in [1.807, 2.05) is 24.3 Å². The van der Waals surface area contributed by atoms with Gasteiger partial charge in [-0.3, -0.25) is 4.90 Å². The van der Waals surface area contributed by atoms with Gasteiger partial charge >= 0.3 is 12.1 Å². The molecule has 1 N–H and O–H groups in total. The van der Waals surface area contributed by atoms with E-state index < -0.39 is 12.1 Å². The van der Waals surface area contributed by atoms with E-state index >= 15 is 0 Å². The van der Waals surface area contributed by atoms with Crippen LogP contribution in [0.15, 0.2) is 60.9 Å². The van der Waals surface area contributed by atoms with Crippen molar-refractivity contribution >= 4 is 12.1 Å². The molecule has 1 aliphatic carbocycles. The molecule has 1 amide bonds. The van der Waals surface area contributed by atoms with Gasteiger partial charge in [-0.2, -0.15) is 0 Å². The summed E-state index contributed by atoms with van der Waals surface area (Å²) in [7, 11) is 0. The molecule has 5 rings (SSSR count). The summed E-state index contributed by atoms with van der Waals surface area (Å²) in [6.45, 7) is 0.820. The number of amides is 1. The van der Waals surface area contributed by atoms with Crippen LogP contribution in [-0.2, 0) is 4.74 Å². The van der Waals surface area contributed by atoms with Gasteiger partial charge in [-0.25, -0.2) is 19.6 Å². The van der Waals surface area contributed by atoms with Gasteiger partial charge in [0, 0.05) is 24.9 Å². The molecule has 31 heavy (non-hydrogen) atoms. The van der Waals surface area contributed by atoms with E-state index in [-0.39, 0.29) is 24.1 Å². The lowest BCUT2D eigenvalue weighted by Gasteiger charge is -2.24. The SMILES string of the molecule is O=C(O)c1cnc(C2CCCN2C(=O)OCC2c3ccccc3-c3ccccc32)nc1. The fourth-order valence-corrected chi connectivity index (χ4v) is 4.55. The molecule has 1 saturated heterocycles. The average Bonchev–Trinajstić information content (AvgIpc) is 3.41. The van der Waals surface area contributed by atoms with Gasteiger partial charge in [-0.1, -0.05) is 48.5 Å². The van der Waals surface area contributed by atoms with Crippen molar-refractivity contribution in [3.05, 3.63) is 83.4 Å². The molecule has 1 aliphatic heterocycles. The van der Waals surface area contributed by atoms with Crippen LogP contribution in [0.1, 0.15) is 52.1 Å². The molecule has 156 valence electrons. The number of benzene rings is 2. The second-order valence-electron chi connectivity index (χ2n) is 7.79. The first-order chi connectivity index (χ1) is 15.1. The Labute approximate surface area is 179 Å². The number of ether oxygens (including phenoxy) is 1. The molecule has 0 radical (unpaired) electrons. The van der Waals surface area contributed by atoms with E-state index in [1.54, 1.807) is 4.90 Å². The van der Waals surface area contributed by atoms with Crippen LogP contribution in [0.5, 0.6) is 0 Å². The molecular weight excluding hydrogens is 394 g/mol. The number of carboxylic acids is 1. The minimum atomic E-state index is -1.08. The van der Waals surface area contributed by atoms with Crippen LogP contribution in [0.3, 0.4) is 0 Å². The Morgan fingerprint density at radius 1 is 1.00 bits per heavy atom. The number of likely N-dealkylation sites (tertiary alicyclic amines) is 1. The molecule has 1 fully saturated rings. The topological polar surface area (TPSA) is 92.6 Å². The zero-order chi connectivity index (χ0) is 21.4. The van der Waals surface area contributed by atoms with E-state index in [1.165, 1.54) is 34.6 Å². The van der Waals surface area contributed by atoms with E-state index in [9.17, 15) is 9.59 Å². The Kier molecular flexibility index (Phi) is 4.86. The number of carbonyl (C=O) groups is 2. The van der Waals surface area contributed by atoms with Gasteiger partial charge in [0.15, 0.2) is 5.82 Å². The number of fused-ring (bicyclic) bond motifs is 3. The number of hydrogen-bond acceptors (Lipinski definition) is 5. The molecule has 2 aromatic carbocycles. The number of nitrogens with zero attached hydrogens (tertiary/aromatic N) is 3. The molecule has 0 spiro atoms. The van der Waals surface area contributed by atoms with Gasteiger partial charge in [-0.05, 0) is 35.1 Å². The summed E-state index contributed by atoms with van der Waals surface area (Å²) in [5, 5.41) is 9.03. The standard InChI is InChI=1S/C24H21N3O4/c28-23(29)15-12-25-22(26-13-15)21-10-5-11-27(21)24(30)31-14-20-18-8-3-1-6-16(18)17-7-2-4-9-19(17)20/h1-4,6-9,12-13,20-21H,5,10-11,14H2,(H,28,29). The highest BCUT2D eigenvalue weighted by atomic mass is 16.6. The summed E-state index contributed by atoms with van der Waals surface area (Å²) in [5.41, 5.74) is 4.73. The maximum absolute atomic E-state index is 12.9. The molecular formula is C24H21N3O4. The van der Waals surface area contributed by atoms with Crippen molar-refractivity contribution in [2.45, 2.75) is 24.8 Å². The molecule has 7 heteroatoms. The zero-order valence-corrected chi connectivity index (χ0v) is 16.8. The molecule has 0 bridgehead atoms. The number of carboxylic acid groups (broad SMARTS) is 1. The second kappa shape index (κ2) is 7.83. The van der Waals surface area contributed by atoms with Crippen molar-refractivity contribution in [2.75, 3.05) is 13.2 Å². The third-order valence-corrected chi connectivity index (χ3v) is 6.04. The van der Waals surface area contributed by atoms with Gasteiger partial charge in [0.2, 0.25) is 0 Å². The third kappa shape index (κ3) is 3.42. The van der Waals surface area contributed by atoms with Gasteiger partial charge in [0.05, 0.1) is 11.6 Å². The van der Waals surface area contributed by atoms with Crippen LogP contribution >= 0.6 is 0 Å². The Hall–Kier alpha value is -3.74. The van der Waals surface area contributed by atoms with Crippen molar-refractivity contribution in [3.8, 4) is 11.1 Å². The van der Waals surface area contributed by atoms with Crippen LogP contribution in [0.2, 0.25) is 0 Å². The van der Waals surface area contributed by atoms with E-state index in [0.717, 1.165) is 12.8 Å². The van der Waals surface area contributed by atoms with Gasteiger partial charge in [0.1, 0.15) is 6.61 Å². The van der Waals surface area contributed by atoms with E-state index in [4.69, 9.17) is 9.84 Å². The molecule has 2 aliphatic rings. The summed E-state index contributed by atoms with van der Waals surface area (Å²) in [4.78, 5) is 33.9. The third-order valence-electron chi connectivity index (χ3n) is 6.04. The molecule has 1 atom stereocenters. The predicted octanol–water partition coefficient (Wildman–Crippen LogP) is 4.26. The lowest BCUT2D eigenvalue weighted by Crippen LogP contribution is -2.33. The highest BCUT2D eigenvalue weighted by Crippen LogP contribution is 2.44. The average molecular weight is 415 g/mol. The zero-order valence-electron chi connectivity index (χ0n) is 16.8. The monoisotopic (exact) mass is 415 g/mol. The predicted molar refractivity (Wildman–Crippen MR) is 113 cm³/mol. The first-order valence-corrected chi connectivity index (χ1v) is 10.3. The maximum Gasteiger partial charge on any atom is 0.410 e. The molecule has 0 saturated carbocycles. The fourth-order valence-electron chi connectivity index (χ4n) is 4.55. The Morgan fingerprint density at radius 2 is 1.61 bits per heavy atom. The molecule has 2 heterocycles. The Bertz CT molecular complexity index is 1100. The Balaban J connectivity index is 1.32. The minimum Gasteiger partial charge on any atom is -0.478 e. The van der Waals surface area contributed by atoms with Crippen LogP contribution in [0, 0.1) is 0 Å². The summed E-state index contributed by atoms with van der Waals surface area (Å²) in [6, 6.07) is 16.1. The largest absolute Gasteiger partial charge is 0.478 e. The van der Waals surface area contributed by atoms with Crippen LogP contribution in [-0.4, -0.2) is 45.2 Å². The Morgan fingerprint density at radius 3 is 2.23 bits per heavy atom. The van der Waals surface area contributed by atoms with Crippen LogP contribution in [0.4, 0.5) is 4.79 Å². The number of carbonyl (C=O) groups excluding carboxylic acids is 1. The van der Waals surface area contributed by atoms with Gasteiger partial charge < -0.3 is 9.84 Å². The van der Waals surface area contributed by atoms with Gasteiger partial charge in [-0.15, -0.1) is 0 Å². The lowest BCUT2D eigenvalue weighted by molar-refractivity contribution is 0.0694. The number of hydrogen-bond donors (Lipinski definition) is 1. The molecule has 1 unspecified atom stereocenters. The highest BCUT2D eigenvalue weighted by molar-refractivity contribution is 5.86. The summed E-state index contributed by atoms with van der Waals surface area (Å²) in [6.07, 6.45) is 3.70. The van der Waals surface area contributed by atoms with Crippen molar-refractivity contribution in [1.29, 1.82) is 0 Å². The van der Waals surface area contributed by atoms with E-state index in [2.05, 4.69) is 34.2 Å². The van der Waals surface area contributed by atoms with Crippen LogP contribution in [0.25, 0.3) is 11.1 Å².